The van der Waals surface area contributed by atoms with Gasteiger partial charge in [-0.1, -0.05) is 6.92 Å². The lowest BCUT2D eigenvalue weighted by Gasteiger charge is -1.99. The molecule has 0 spiro atoms. The molecule has 2 aromatic rings. The summed E-state index contributed by atoms with van der Waals surface area (Å²) in [7, 11) is 0. The van der Waals surface area contributed by atoms with E-state index in [1.807, 2.05) is 13.1 Å². The van der Waals surface area contributed by atoms with E-state index in [9.17, 15) is 0 Å². The number of nitrogen functional groups attached to an aromatic ring is 1. The zero-order valence-corrected chi connectivity index (χ0v) is 9.29. The first-order valence-electron chi connectivity index (χ1n) is 4.01. The number of anilines is 1. The molecule has 2 heterocycles. The van der Waals surface area contributed by atoms with Crippen LogP contribution in [0.1, 0.15) is 12.7 Å². The van der Waals surface area contributed by atoms with Crippen LogP contribution in [0.2, 0.25) is 0 Å². The van der Waals surface area contributed by atoms with Gasteiger partial charge in [0, 0.05) is 16.2 Å². The highest BCUT2D eigenvalue weighted by Gasteiger charge is 2.08. The van der Waals surface area contributed by atoms with E-state index in [4.69, 9.17) is 5.73 Å². The third-order valence-corrected chi connectivity index (χ3v) is 2.72. The molecule has 0 atom stereocenters. The van der Waals surface area contributed by atoms with Gasteiger partial charge in [-0.2, -0.15) is 0 Å². The number of rotatable bonds is 1. The normalized spacial score (nSPS) is 10.9. The van der Waals surface area contributed by atoms with E-state index >= 15 is 0 Å². The van der Waals surface area contributed by atoms with Crippen molar-refractivity contribution >= 4 is 39.4 Å². The molecule has 0 bridgehead atoms. The standard InChI is InChI=1S/C8H9IN4/c1-2-5-12-7(10)6-4(9)3-11-8(6)13-5/h3H,2H2,1H3,(H3,10,11,12,13). The van der Waals surface area contributed by atoms with E-state index < -0.39 is 0 Å². The topological polar surface area (TPSA) is 67.6 Å². The number of nitrogens with zero attached hydrogens (tertiary/aromatic N) is 2. The Labute approximate surface area is 89.1 Å². The molecular formula is C8H9IN4. The minimum absolute atomic E-state index is 0.563. The first-order chi connectivity index (χ1) is 6.22. The third-order valence-electron chi connectivity index (χ3n) is 1.87. The second-order valence-corrected chi connectivity index (χ2v) is 3.90. The summed E-state index contributed by atoms with van der Waals surface area (Å²) < 4.78 is 1.06. The molecule has 0 saturated heterocycles. The highest BCUT2D eigenvalue weighted by atomic mass is 127. The third kappa shape index (κ3) is 1.37. The van der Waals surface area contributed by atoms with E-state index in [1.165, 1.54) is 0 Å². The molecule has 0 saturated carbocycles. The maximum atomic E-state index is 5.80. The van der Waals surface area contributed by atoms with Crippen molar-refractivity contribution in [2.24, 2.45) is 0 Å². The molecule has 2 aromatic heterocycles. The Morgan fingerprint density at radius 2 is 2.31 bits per heavy atom. The quantitative estimate of drug-likeness (QED) is 0.785. The van der Waals surface area contributed by atoms with Crippen molar-refractivity contribution in [1.29, 1.82) is 0 Å². The SMILES string of the molecule is CCc1nc(N)c2c(I)c[nH]c2n1. The molecule has 2 rings (SSSR count). The molecular weight excluding hydrogens is 279 g/mol. The number of H-pyrrole nitrogens is 1. The zero-order chi connectivity index (χ0) is 9.42. The number of nitrogens with two attached hydrogens (primary N) is 1. The van der Waals surface area contributed by atoms with Crippen molar-refractivity contribution < 1.29 is 0 Å². The fourth-order valence-corrected chi connectivity index (χ4v) is 1.92. The summed E-state index contributed by atoms with van der Waals surface area (Å²) in [5.41, 5.74) is 6.63. The molecule has 0 aliphatic carbocycles. The fourth-order valence-electron chi connectivity index (χ4n) is 1.23. The molecule has 68 valence electrons. The van der Waals surface area contributed by atoms with E-state index in [2.05, 4.69) is 37.5 Å². The maximum absolute atomic E-state index is 5.80. The molecule has 0 aliphatic rings. The largest absolute Gasteiger partial charge is 0.383 e. The Kier molecular flexibility index (Phi) is 2.10. The van der Waals surface area contributed by atoms with Crippen LogP contribution in [0.3, 0.4) is 0 Å². The lowest BCUT2D eigenvalue weighted by molar-refractivity contribution is 0.961. The van der Waals surface area contributed by atoms with E-state index in [0.29, 0.717) is 5.82 Å². The van der Waals surface area contributed by atoms with Crippen LogP contribution in [0, 0.1) is 3.57 Å². The van der Waals surface area contributed by atoms with Crippen molar-refractivity contribution in [3.8, 4) is 0 Å². The number of halogens is 1. The predicted octanol–water partition coefficient (Wildman–Crippen LogP) is 1.71. The van der Waals surface area contributed by atoms with Crippen molar-refractivity contribution in [3.63, 3.8) is 0 Å². The minimum atomic E-state index is 0.563. The molecule has 13 heavy (non-hydrogen) atoms. The van der Waals surface area contributed by atoms with Crippen molar-refractivity contribution in [3.05, 3.63) is 15.6 Å². The van der Waals surface area contributed by atoms with Gasteiger partial charge in [0.1, 0.15) is 17.3 Å². The molecule has 0 amide bonds. The molecule has 4 nitrogen and oxygen atoms in total. The van der Waals surface area contributed by atoms with Gasteiger partial charge in [-0.15, -0.1) is 0 Å². The van der Waals surface area contributed by atoms with Gasteiger partial charge in [-0.25, -0.2) is 9.97 Å². The van der Waals surface area contributed by atoms with Crippen LogP contribution in [0.25, 0.3) is 11.0 Å². The second-order valence-electron chi connectivity index (χ2n) is 2.74. The molecule has 0 fully saturated rings. The van der Waals surface area contributed by atoms with Crippen LogP contribution in [0.15, 0.2) is 6.20 Å². The van der Waals surface area contributed by atoms with Gasteiger partial charge in [-0.3, -0.25) is 0 Å². The molecule has 0 aromatic carbocycles. The van der Waals surface area contributed by atoms with Crippen LogP contribution in [-0.4, -0.2) is 15.0 Å². The number of fused-ring (bicyclic) bond motifs is 1. The lowest BCUT2D eigenvalue weighted by Crippen LogP contribution is -1.99. The summed E-state index contributed by atoms with van der Waals surface area (Å²) in [4.78, 5) is 11.6. The fraction of sp³-hybridized carbons (Fsp3) is 0.250. The predicted molar refractivity (Wildman–Crippen MR) is 60.4 cm³/mol. The highest BCUT2D eigenvalue weighted by Crippen LogP contribution is 2.22. The minimum Gasteiger partial charge on any atom is -0.383 e. The number of aromatic amines is 1. The summed E-state index contributed by atoms with van der Waals surface area (Å²) in [6.07, 6.45) is 2.69. The Hall–Kier alpha value is -0.850. The van der Waals surface area contributed by atoms with Gasteiger partial charge in [0.2, 0.25) is 0 Å². The van der Waals surface area contributed by atoms with Crippen molar-refractivity contribution in [1.82, 2.24) is 15.0 Å². The second kappa shape index (κ2) is 3.13. The Bertz CT molecular complexity index is 449. The summed E-state index contributed by atoms with van der Waals surface area (Å²) in [5.74, 6) is 1.34. The van der Waals surface area contributed by atoms with Crippen LogP contribution in [0.4, 0.5) is 5.82 Å². The van der Waals surface area contributed by atoms with Gasteiger partial charge >= 0.3 is 0 Å². The average molecular weight is 288 g/mol. The van der Waals surface area contributed by atoms with Crippen LogP contribution < -0.4 is 5.73 Å². The van der Waals surface area contributed by atoms with E-state index in [0.717, 1.165) is 26.8 Å². The smallest absolute Gasteiger partial charge is 0.144 e. The van der Waals surface area contributed by atoms with Gasteiger partial charge in [0.15, 0.2) is 0 Å². The van der Waals surface area contributed by atoms with Crippen molar-refractivity contribution in [2.75, 3.05) is 5.73 Å². The van der Waals surface area contributed by atoms with Gasteiger partial charge < -0.3 is 10.7 Å². The molecule has 0 radical (unpaired) electrons. The number of hydrogen-bond donors (Lipinski definition) is 2. The number of aryl methyl sites for hydroxylation is 1. The van der Waals surface area contributed by atoms with Crippen LogP contribution in [-0.2, 0) is 6.42 Å². The molecule has 5 heteroatoms. The average Bonchev–Trinajstić information content (AvgIpc) is 2.48. The Morgan fingerprint density at radius 3 is 3.00 bits per heavy atom. The Morgan fingerprint density at radius 1 is 1.54 bits per heavy atom. The molecule has 0 unspecified atom stereocenters. The maximum Gasteiger partial charge on any atom is 0.144 e. The molecule has 0 aliphatic heterocycles. The monoisotopic (exact) mass is 288 g/mol. The van der Waals surface area contributed by atoms with Crippen LogP contribution >= 0.6 is 22.6 Å². The van der Waals surface area contributed by atoms with Gasteiger partial charge in [-0.05, 0) is 22.6 Å². The van der Waals surface area contributed by atoms with E-state index in [-0.39, 0.29) is 0 Å². The van der Waals surface area contributed by atoms with Gasteiger partial charge in [0.25, 0.3) is 0 Å². The zero-order valence-electron chi connectivity index (χ0n) is 7.13. The summed E-state index contributed by atoms with van der Waals surface area (Å²) in [6.45, 7) is 2.01. The summed E-state index contributed by atoms with van der Waals surface area (Å²) >= 11 is 2.21. The first kappa shape index (κ1) is 8.74. The Balaban J connectivity index is 2.79. The number of aromatic nitrogens is 3. The number of hydrogen-bond acceptors (Lipinski definition) is 3. The first-order valence-corrected chi connectivity index (χ1v) is 5.09. The van der Waals surface area contributed by atoms with Crippen LogP contribution in [0.5, 0.6) is 0 Å². The highest BCUT2D eigenvalue weighted by molar-refractivity contribution is 14.1. The molecule has 3 N–H and O–H groups in total. The van der Waals surface area contributed by atoms with E-state index in [1.54, 1.807) is 0 Å². The summed E-state index contributed by atoms with van der Waals surface area (Å²) in [5, 5.41) is 0.929. The lowest BCUT2D eigenvalue weighted by atomic mass is 10.3. The number of nitrogens with one attached hydrogen (secondary N) is 1. The van der Waals surface area contributed by atoms with Crippen molar-refractivity contribution in [2.45, 2.75) is 13.3 Å². The van der Waals surface area contributed by atoms with Gasteiger partial charge in [0.05, 0.1) is 5.39 Å². The summed E-state index contributed by atoms with van der Waals surface area (Å²) in [6, 6.07) is 0.